The van der Waals surface area contributed by atoms with Crippen LogP contribution in [0.4, 0.5) is 0 Å². The van der Waals surface area contributed by atoms with Gasteiger partial charge < -0.3 is 14.2 Å². The number of nitrogens with zero attached hydrogens (tertiary/aromatic N) is 2. The highest BCUT2D eigenvalue weighted by Gasteiger charge is 2.21. The second kappa shape index (κ2) is 8.51. The number of thiazole rings is 1. The summed E-state index contributed by atoms with van der Waals surface area (Å²) < 4.78 is 17.2. The van der Waals surface area contributed by atoms with E-state index < -0.39 is 0 Å². The Labute approximate surface area is 178 Å². The fourth-order valence-electron chi connectivity index (χ4n) is 3.31. The van der Waals surface area contributed by atoms with Crippen molar-refractivity contribution < 1.29 is 19.0 Å². The first-order valence-electron chi connectivity index (χ1n) is 9.27. The van der Waals surface area contributed by atoms with E-state index in [0.717, 1.165) is 26.5 Å². The summed E-state index contributed by atoms with van der Waals surface area (Å²) in [4.78, 5) is 22.0. The molecule has 152 valence electrons. The van der Waals surface area contributed by atoms with Crippen molar-refractivity contribution in [2.75, 3.05) is 21.3 Å². The van der Waals surface area contributed by atoms with Crippen molar-refractivity contribution in [1.82, 2.24) is 9.97 Å². The van der Waals surface area contributed by atoms with Gasteiger partial charge in [0, 0.05) is 18.2 Å². The van der Waals surface area contributed by atoms with Gasteiger partial charge in [0.25, 0.3) is 0 Å². The number of rotatable bonds is 7. The van der Waals surface area contributed by atoms with Crippen LogP contribution in [-0.4, -0.2) is 37.1 Å². The van der Waals surface area contributed by atoms with E-state index in [4.69, 9.17) is 14.2 Å². The summed E-state index contributed by atoms with van der Waals surface area (Å²) in [7, 11) is 4.57. The van der Waals surface area contributed by atoms with Crippen LogP contribution in [0.1, 0.15) is 15.9 Å². The number of ketones is 1. The van der Waals surface area contributed by atoms with E-state index in [0.29, 0.717) is 22.8 Å². The Morgan fingerprint density at radius 2 is 1.80 bits per heavy atom. The molecule has 4 aromatic rings. The van der Waals surface area contributed by atoms with Gasteiger partial charge in [0.2, 0.25) is 5.75 Å². The van der Waals surface area contributed by atoms with Crippen molar-refractivity contribution in [1.29, 1.82) is 0 Å². The predicted molar refractivity (Wildman–Crippen MR) is 117 cm³/mol. The fraction of sp³-hybridized carbons (Fsp3) is 0.174. The van der Waals surface area contributed by atoms with Crippen molar-refractivity contribution in [2.45, 2.75) is 6.42 Å². The highest BCUT2D eigenvalue weighted by atomic mass is 32.1. The first-order valence-corrected chi connectivity index (χ1v) is 10.1. The molecule has 0 spiro atoms. The Hall–Kier alpha value is -3.45. The molecule has 0 fully saturated rings. The second-order valence-electron chi connectivity index (χ2n) is 6.53. The lowest BCUT2D eigenvalue weighted by Gasteiger charge is -2.15. The lowest BCUT2D eigenvalue weighted by atomic mass is 10.00. The number of aromatic nitrogens is 2. The molecule has 7 heteroatoms. The number of carbonyl (C=O) groups is 1. The fourth-order valence-corrected chi connectivity index (χ4v) is 4.23. The smallest absolute Gasteiger partial charge is 0.204 e. The summed E-state index contributed by atoms with van der Waals surface area (Å²) in [6.45, 7) is 0. The maximum atomic E-state index is 13.1. The summed E-state index contributed by atoms with van der Waals surface area (Å²) in [6, 6.07) is 15.1. The van der Waals surface area contributed by atoms with Crippen LogP contribution in [0.2, 0.25) is 0 Å². The summed E-state index contributed by atoms with van der Waals surface area (Å²) in [5.74, 6) is 1.21. The molecule has 0 atom stereocenters. The molecule has 0 saturated carbocycles. The monoisotopic (exact) mass is 420 g/mol. The first kappa shape index (κ1) is 19.8. The van der Waals surface area contributed by atoms with E-state index in [9.17, 15) is 4.79 Å². The number of pyridine rings is 1. The maximum absolute atomic E-state index is 13.1. The minimum absolute atomic E-state index is 0.0732. The Balaban J connectivity index is 1.64. The quantitative estimate of drug-likeness (QED) is 0.400. The van der Waals surface area contributed by atoms with Gasteiger partial charge in [-0.1, -0.05) is 18.2 Å². The number of ether oxygens (including phenoxy) is 3. The zero-order valence-electron chi connectivity index (χ0n) is 16.8. The van der Waals surface area contributed by atoms with Gasteiger partial charge in [-0.25, -0.2) is 9.97 Å². The van der Waals surface area contributed by atoms with Gasteiger partial charge in [0.15, 0.2) is 22.9 Å². The average molecular weight is 420 g/mol. The highest BCUT2D eigenvalue weighted by Crippen LogP contribution is 2.40. The maximum Gasteiger partial charge on any atom is 0.204 e. The molecule has 0 aliphatic rings. The van der Waals surface area contributed by atoms with E-state index in [-0.39, 0.29) is 12.2 Å². The Morgan fingerprint density at radius 1 is 0.967 bits per heavy atom. The van der Waals surface area contributed by atoms with Crippen LogP contribution in [0.25, 0.3) is 20.9 Å². The van der Waals surface area contributed by atoms with Crippen molar-refractivity contribution in [3.05, 3.63) is 65.9 Å². The molecule has 0 unspecified atom stereocenters. The molecule has 2 aromatic heterocycles. The third kappa shape index (κ3) is 3.71. The standard InChI is InChI=1S/C23H20N2O4S/c1-27-18-10-9-16(20(28-2)21(18)29-3)17(26)13-14-6-4-7-15(12-14)23-25-22-19(30-23)8-5-11-24-22/h4-12H,13H2,1-3H3. The molecule has 30 heavy (non-hydrogen) atoms. The van der Waals surface area contributed by atoms with E-state index >= 15 is 0 Å². The van der Waals surface area contributed by atoms with Gasteiger partial charge in [-0.3, -0.25) is 4.79 Å². The molecule has 0 N–H and O–H groups in total. The van der Waals surface area contributed by atoms with Gasteiger partial charge in [0.1, 0.15) is 5.01 Å². The lowest BCUT2D eigenvalue weighted by molar-refractivity contribution is 0.0989. The average Bonchev–Trinajstić information content (AvgIpc) is 3.22. The lowest BCUT2D eigenvalue weighted by Crippen LogP contribution is -2.07. The molecular formula is C23H20N2O4S. The van der Waals surface area contributed by atoms with Crippen molar-refractivity contribution in [3.8, 4) is 27.8 Å². The molecule has 0 radical (unpaired) electrons. The van der Waals surface area contributed by atoms with Gasteiger partial charge in [-0.05, 0) is 35.9 Å². The SMILES string of the molecule is COc1ccc(C(=O)Cc2cccc(-c3nc4ncccc4s3)c2)c(OC)c1OC. The van der Waals surface area contributed by atoms with Crippen molar-refractivity contribution >= 4 is 27.5 Å². The number of hydrogen-bond donors (Lipinski definition) is 0. The summed E-state index contributed by atoms with van der Waals surface area (Å²) in [6.07, 6.45) is 1.96. The zero-order valence-corrected chi connectivity index (χ0v) is 17.7. The minimum atomic E-state index is -0.0732. The summed E-state index contributed by atoms with van der Waals surface area (Å²) in [5.41, 5.74) is 3.03. The van der Waals surface area contributed by atoms with E-state index in [1.165, 1.54) is 14.2 Å². The highest BCUT2D eigenvalue weighted by molar-refractivity contribution is 7.21. The molecule has 2 aromatic carbocycles. The van der Waals surface area contributed by atoms with Crippen LogP contribution in [0, 0.1) is 0 Å². The molecule has 0 aliphatic heterocycles. The number of Topliss-reactive ketones (excluding diaryl/α,β-unsaturated/α-hetero) is 1. The van der Waals surface area contributed by atoms with Gasteiger partial charge >= 0.3 is 0 Å². The zero-order chi connectivity index (χ0) is 21.1. The molecule has 0 aliphatic carbocycles. The largest absolute Gasteiger partial charge is 0.493 e. The number of carbonyl (C=O) groups excluding carboxylic acids is 1. The van der Waals surface area contributed by atoms with Crippen LogP contribution in [0.5, 0.6) is 17.2 Å². The van der Waals surface area contributed by atoms with E-state index in [1.54, 1.807) is 36.8 Å². The molecule has 2 heterocycles. The first-order chi connectivity index (χ1) is 14.6. The minimum Gasteiger partial charge on any atom is -0.493 e. The van der Waals surface area contributed by atoms with Crippen LogP contribution >= 0.6 is 11.3 Å². The molecule has 6 nitrogen and oxygen atoms in total. The van der Waals surface area contributed by atoms with Crippen molar-refractivity contribution in [2.24, 2.45) is 0 Å². The van der Waals surface area contributed by atoms with Crippen LogP contribution in [0.3, 0.4) is 0 Å². The molecule has 0 saturated heterocycles. The summed E-state index contributed by atoms with van der Waals surface area (Å²) in [5, 5.41) is 0.877. The number of hydrogen-bond acceptors (Lipinski definition) is 7. The predicted octanol–water partition coefficient (Wildman–Crippen LogP) is 4.81. The Kier molecular flexibility index (Phi) is 5.63. The number of fused-ring (bicyclic) bond motifs is 1. The third-order valence-electron chi connectivity index (χ3n) is 4.71. The molecule has 4 rings (SSSR count). The van der Waals surface area contributed by atoms with Gasteiger partial charge in [-0.15, -0.1) is 11.3 Å². The second-order valence-corrected chi connectivity index (χ2v) is 7.56. The van der Waals surface area contributed by atoms with Gasteiger partial charge in [-0.2, -0.15) is 0 Å². The Morgan fingerprint density at radius 3 is 2.53 bits per heavy atom. The van der Waals surface area contributed by atoms with E-state index in [1.807, 2.05) is 36.4 Å². The van der Waals surface area contributed by atoms with Crippen LogP contribution in [-0.2, 0) is 6.42 Å². The number of methoxy groups -OCH3 is 3. The van der Waals surface area contributed by atoms with Crippen LogP contribution in [0.15, 0.2) is 54.7 Å². The van der Waals surface area contributed by atoms with Crippen molar-refractivity contribution in [3.63, 3.8) is 0 Å². The molecule has 0 amide bonds. The topological polar surface area (TPSA) is 70.5 Å². The Bertz CT molecular complexity index is 1190. The normalized spacial score (nSPS) is 10.8. The number of benzene rings is 2. The molecular weight excluding hydrogens is 400 g/mol. The third-order valence-corrected chi connectivity index (χ3v) is 5.77. The summed E-state index contributed by atoms with van der Waals surface area (Å²) >= 11 is 1.58. The molecule has 0 bridgehead atoms. The van der Waals surface area contributed by atoms with E-state index in [2.05, 4.69) is 9.97 Å². The van der Waals surface area contributed by atoms with Gasteiger partial charge in [0.05, 0.1) is 31.6 Å². The van der Waals surface area contributed by atoms with Crippen LogP contribution < -0.4 is 14.2 Å².